The molecule has 1 heterocycles. The highest BCUT2D eigenvalue weighted by atomic mass is 32.2. The highest BCUT2D eigenvalue weighted by Gasteiger charge is 2.19. The number of rotatable bonds is 7. The average Bonchev–Trinajstić information content (AvgIpc) is 3.05. The van der Waals surface area contributed by atoms with Crippen molar-refractivity contribution in [3.63, 3.8) is 0 Å². The Morgan fingerprint density at radius 1 is 1.06 bits per heavy atom. The molecule has 1 aliphatic heterocycles. The van der Waals surface area contributed by atoms with Crippen molar-refractivity contribution in [2.24, 2.45) is 4.99 Å². The fourth-order valence-corrected chi connectivity index (χ4v) is 4.27. The van der Waals surface area contributed by atoms with Gasteiger partial charge in [0.05, 0.1) is 12.0 Å². The van der Waals surface area contributed by atoms with Gasteiger partial charge in [-0.05, 0) is 43.2 Å². The van der Waals surface area contributed by atoms with E-state index in [0.717, 1.165) is 19.3 Å². The SMILES string of the molecule is COc1ccccc1C(=O)OCC(=O)Nc1cccc(S(=O)(=O)NC2=NCCCCC2)c1. The quantitative estimate of drug-likeness (QED) is 0.614. The van der Waals surface area contributed by atoms with Gasteiger partial charge in [0.15, 0.2) is 6.61 Å². The second-order valence-electron chi connectivity index (χ2n) is 7.10. The second kappa shape index (κ2) is 10.8. The minimum atomic E-state index is -3.84. The number of para-hydroxylation sites is 1. The third-order valence-corrected chi connectivity index (χ3v) is 6.09. The van der Waals surface area contributed by atoms with Gasteiger partial charge in [-0.2, -0.15) is 0 Å². The molecule has 170 valence electrons. The number of methoxy groups -OCH3 is 1. The minimum Gasteiger partial charge on any atom is -0.496 e. The van der Waals surface area contributed by atoms with E-state index >= 15 is 0 Å². The van der Waals surface area contributed by atoms with Gasteiger partial charge in [-0.1, -0.05) is 24.6 Å². The molecule has 0 unspecified atom stereocenters. The molecule has 0 saturated carbocycles. The molecular formula is C22H25N3O6S. The molecular weight excluding hydrogens is 434 g/mol. The first-order chi connectivity index (χ1) is 15.4. The Bertz CT molecular complexity index is 1110. The van der Waals surface area contributed by atoms with Crippen LogP contribution in [0.3, 0.4) is 0 Å². The average molecular weight is 460 g/mol. The number of hydrogen-bond acceptors (Lipinski definition) is 7. The van der Waals surface area contributed by atoms with E-state index in [1.54, 1.807) is 24.3 Å². The number of sulfonamides is 1. The lowest BCUT2D eigenvalue weighted by atomic mass is 10.2. The van der Waals surface area contributed by atoms with Crippen LogP contribution in [0.5, 0.6) is 5.75 Å². The van der Waals surface area contributed by atoms with Crippen molar-refractivity contribution < 1.29 is 27.5 Å². The Morgan fingerprint density at radius 2 is 1.88 bits per heavy atom. The van der Waals surface area contributed by atoms with E-state index in [4.69, 9.17) is 9.47 Å². The number of amidine groups is 1. The molecule has 2 aromatic carbocycles. The van der Waals surface area contributed by atoms with Crippen LogP contribution in [-0.4, -0.2) is 46.4 Å². The maximum absolute atomic E-state index is 12.7. The Hall–Kier alpha value is -3.40. The molecule has 0 aliphatic carbocycles. The molecule has 0 bridgehead atoms. The summed E-state index contributed by atoms with van der Waals surface area (Å²) in [6, 6.07) is 12.3. The summed E-state index contributed by atoms with van der Waals surface area (Å²) < 4.78 is 38.1. The van der Waals surface area contributed by atoms with Crippen molar-refractivity contribution in [1.82, 2.24) is 4.72 Å². The van der Waals surface area contributed by atoms with E-state index in [1.807, 2.05) is 0 Å². The summed E-state index contributed by atoms with van der Waals surface area (Å²) in [6.07, 6.45) is 3.41. The fraction of sp³-hybridized carbons (Fsp3) is 0.318. The first-order valence-corrected chi connectivity index (χ1v) is 11.6. The summed E-state index contributed by atoms with van der Waals surface area (Å²) >= 11 is 0. The molecule has 2 N–H and O–H groups in total. The zero-order valence-corrected chi connectivity index (χ0v) is 18.5. The van der Waals surface area contributed by atoms with Crippen LogP contribution in [0.2, 0.25) is 0 Å². The van der Waals surface area contributed by atoms with E-state index < -0.39 is 28.5 Å². The summed E-state index contributed by atoms with van der Waals surface area (Å²) in [6.45, 7) is 0.0600. The second-order valence-corrected chi connectivity index (χ2v) is 8.78. The molecule has 1 aliphatic rings. The predicted molar refractivity (Wildman–Crippen MR) is 119 cm³/mol. The molecule has 1 amide bonds. The fourth-order valence-electron chi connectivity index (χ4n) is 3.13. The lowest BCUT2D eigenvalue weighted by molar-refractivity contribution is -0.119. The largest absolute Gasteiger partial charge is 0.496 e. The highest BCUT2D eigenvalue weighted by molar-refractivity contribution is 7.90. The minimum absolute atomic E-state index is 0.00624. The van der Waals surface area contributed by atoms with Crippen LogP contribution in [0.4, 0.5) is 5.69 Å². The molecule has 0 spiro atoms. The lowest BCUT2D eigenvalue weighted by Crippen LogP contribution is -2.30. The third kappa shape index (κ3) is 6.30. The van der Waals surface area contributed by atoms with Crippen molar-refractivity contribution in [3.05, 3.63) is 54.1 Å². The number of anilines is 1. The van der Waals surface area contributed by atoms with E-state index in [2.05, 4.69) is 15.0 Å². The number of ether oxygens (including phenoxy) is 2. The summed E-state index contributed by atoms with van der Waals surface area (Å²) in [4.78, 5) is 28.7. The molecule has 0 radical (unpaired) electrons. The number of nitrogens with zero attached hydrogens (tertiary/aromatic N) is 1. The topological polar surface area (TPSA) is 123 Å². The Morgan fingerprint density at radius 3 is 2.69 bits per heavy atom. The molecule has 2 aromatic rings. The monoisotopic (exact) mass is 459 g/mol. The summed E-state index contributed by atoms with van der Waals surface area (Å²) in [5.74, 6) is -0.534. The maximum Gasteiger partial charge on any atom is 0.342 e. The van der Waals surface area contributed by atoms with Crippen molar-refractivity contribution in [2.75, 3.05) is 25.6 Å². The van der Waals surface area contributed by atoms with Crippen LogP contribution in [0.15, 0.2) is 58.4 Å². The first kappa shape index (κ1) is 23.3. The van der Waals surface area contributed by atoms with E-state index in [9.17, 15) is 18.0 Å². The van der Waals surface area contributed by atoms with Gasteiger partial charge in [-0.15, -0.1) is 0 Å². The highest BCUT2D eigenvalue weighted by Crippen LogP contribution is 2.19. The number of benzene rings is 2. The molecule has 3 rings (SSSR count). The van der Waals surface area contributed by atoms with Gasteiger partial charge in [0.25, 0.3) is 15.9 Å². The molecule has 0 atom stereocenters. The standard InChI is InChI=1S/C22H25N3O6S/c1-30-19-11-5-4-10-18(19)22(27)31-15-21(26)24-16-8-7-9-17(14-16)32(28,29)25-20-12-3-2-6-13-23-20/h4-5,7-11,14H,2-3,6,12-13,15H2,1H3,(H,23,25)(H,24,26). The smallest absolute Gasteiger partial charge is 0.342 e. The molecule has 32 heavy (non-hydrogen) atoms. The zero-order chi connectivity index (χ0) is 23.0. The number of carbonyl (C=O) groups excluding carboxylic acids is 2. The van der Waals surface area contributed by atoms with Crippen molar-refractivity contribution in [2.45, 2.75) is 30.6 Å². The number of nitrogens with one attached hydrogen (secondary N) is 2. The molecule has 10 heteroatoms. The molecule has 9 nitrogen and oxygen atoms in total. The summed E-state index contributed by atoms with van der Waals surface area (Å²) in [7, 11) is -2.41. The van der Waals surface area contributed by atoms with E-state index in [0.29, 0.717) is 24.6 Å². The van der Waals surface area contributed by atoms with Crippen LogP contribution >= 0.6 is 0 Å². The van der Waals surface area contributed by atoms with Crippen molar-refractivity contribution in [1.29, 1.82) is 0 Å². The molecule has 0 aromatic heterocycles. The molecule has 0 fully saturated rings. The molecule has 0 saturated heterocycles. The number of carbonyl (C=O) groups is 2. The number of amides is 1. The Labute approximate surface area is 186 Å². The van der Waals surface area contributed by atoms with Gasteiger partial charge < -0.3 is 14.8 Å². The van der Waals surface area contributed by atoms with E-state index in [1.165, 1.54) is 31.4 Å². The third-order valence-electron chi connectivity index (χ3n) is 4.72. The van der Waals surface area contributed by atoms with Crippen LogP contribution in [-0.2, 0) is 19.6 Å². The van der Waals surface area contributed by atoms with Gasteiger partial charge >= 0.3 is 5.97 Å². The van der Waals surface area contributed by atoms with Crippen LogP contribution in [0.25, 0.3) is 0 Å². The number of hydrogen-bond donors (Lipinski definition) is 2. The van der Waals surface area contributed by atoms with Gasteiger partial charge in [0.2, 0.25) is 0 Å². The lowest BCUT2D eigenvalue weighted by Gasteiger charge is -2.12. The van der Waals surface area contributed by atoms with Crippen LogP contribution in [0, 0.1) is 0 Å². The Kier molecular flexibility index (Phi) is 7.82. The maximum atomic E-state index is 12.7. The van der Waals surface area contributed by atoms with E-state index in [-0.39, 0.29) is 16.1 Å². The Balaban J connectivity index is 1.60. The number of esters is 1. The van der Waals surface area contributed by atoms with Crippen molar-refractivity contribution >= 4 is 33.4 Å². The van der Waals surface area contributed by atoms with Gasteiger partial charge in [0, 0.05) is 18.7 Å². The first-order valence-electron chi connectivity index (χ1n) is 10.2. The summed E-state index contributed by atoms with van der Waals surface area (Å²) in [5.41, 5.74) is 0.456. The number of aliphatic imine (C=N–C) groups is 1. The van der Waals surface area contributed by atoms with Gasteiger partial charge in [-0.3, -0.25) is 14.5 Å². The summed E-state index contributed by atoms with van der Waals surface area (Å²) in [5, 5.41) is 2.53. The van der Waals surface area contributed by atoms with Crippen molar-refractivity contribution in [3.8, 4) is 5.75 Å². The van der Waals surface area contributed by atoms with Crippen LogP contribution < -0.4 is 14.8 Å². The van der Waals surface area contributed by atoms with Crippen LogP contribution in [0.1, 0.15) is 36.0 Å². The predicted octanol–water partition coefficient (Wildman–Crippen LogP) is 2.74. The normalized spacial score (nSPS) is 14.0. The zero-order valence-electron chi connectivity index (χ0n) is 17.7. The van der Waals surface area contributed by atoms with Gasteiger partial charge in [0.1, 0.15) is 17.1 Å². The van der Waals surface area contributed by atoms with Gasteiger partial charge in [-0.25, -0.2) is 13.2 Å².